The summed E-state index contributed by atoms with van der Waals surface area (Å²) in [5, 5.41) is 4.74. The lowest BCUT2D eigenvalue weighted by Crippen LogP contribution is -2.46. The van der Waals surface area contributed by atoms with Crippen LogP contribution in [0.3, 0.4) is 0 Å². The van der Waals surface area contributed by atoms with E-state index in [0.29, 0.717) is 42.2 Å². The highest BCUT2D eigenvalue weighted by Gasteiger charge is 2.34. The molecule has 2 aromatic rings. The van der Waals surface area contributed by atoms with Gasteiger partial charge in [0.25, 0.3) is 5.91 Å². The van der Waals surface area contributed by atoms with Crippen molar-refractivity contribution >= 4 is 28.8 Å². The van der Waals surface area contributed by atoms with E-state index in [1.807, 2.05) is 36.3 Å². The van der Waals surface area contributed by atoms with Crippen molar-refractivity contribution in [2.75, 3.05) is 24.5 Å². The van der Waals surface area contributed by atoms with E-state index in [-0.39, 0.29) is 36.4 Å². The van der Waals surface area contributed by atoms with Crippen molar-refractivity contribution in [1.29, 1.82) is 0 Å². The number of amides is 2. The Labute approximate surface area is 186 Å². The number of benzene rings is 1. The average Bonchev–Trinajstić information content (AvgIpc) is 3.43. The number of hydrogen-bond acceptors (Lipinski definition) is 5. The number of thiophene rings is 1. The fraction of sp³-hybridized carbons (Fsp3) is 0.478. The molecule has 2 aliphatic rings. The summed E-state index contributed by atoms with van der Waals surface area (Å²) in [5.74, 6) is -0.594. The predicted molar refractivity (Wildman–Crippen MR) is 119 cm³/mol. The number of halogens is 1. The summed E-state index contributed by atoms with van der Waals surface area (Å²) in [5.41, 5.74) is 1.25. The molecule has 0 aliphatic carbocycles. The number of nitrogens with one attached hydrogen (secondary N) is 1. The topological polar surface area (TPSA) is 61.9 Å². The molecule has 6 nitrogen and oxygen atoms in total. The summed E-state index contributed by atoms with van der Waals surface area (Å²) in [6.45, 7) is 6.07. The monoisotopic (exact) mass is 445 g/mol. The Morgan fingerprint density at radius 2 is 2.00 bits per heavy atom. The van der Waals surface area contributed by atoms with Gasteiger partial charge in [0.1, 0.15) is 11.9 Å². The first-order chi connectivity index (χ1) is 14.9. The summed E-state index contributed by atoms with van der Waals surface area (Å²) < 4.78 is 20.5. The fourth-order valence-electron chi connectivity index (χ4n) is 4.42. The van der Waals surface area contributed by atoms with Crippen LogP contribution in [0.2, 0.25) is 0 Å². The van der Waals surface area contributed by atoms with Gasteiger partial charge in [-0.15, -0.1) is 11.3 Å². The van der Waals surface area contributed by atoms with E-state index in [9.17, 15) is 14.0 Å². The Balaban J connectivity index is 1.37. The molecule has 4 rings (SSSR count). The van der Waals surface area contributed by atoms with Crippen LogP contribution in [0.15, 0.2) is 35.7 Å². The van der Waals surface area contributed by atoms with E-state index in [1.165, 1.54) is 17.4 Å². The van der Waals surface area contributed by atoms with Crippen LogP contribution in [-0.2, 0) is 16.1 Å². The fourth-order valence-corrected chi connectivity index (χ4v) is 5.10. The van der Waals surface area contributed by atoms with Gasteiger partial charge in [0.05, 0.1) is 22.8 Å². The number of carbonyl (C=O) groups is 2. The minimum Gasteiger partial charge on any atom is -0.372 e. The van der Waals surface area contributed by atoms with E-state index in [1.54, 1.807) is 17.0 Å². The molecule has 166 valence electrons. The zero-order valence-electron chi connectivity index (χ0n) is 17.8. The molecule has 2 aliphatic heterocycles. The molecular formula is C23H28FN3O3S. The number of likely N-dealkylation sites (tertiary alicyclic amines) is 1. The standard InChI is InChI=1S/C23H28FN3O3S/c1-15-13-26(14-16(2)30-15)19-8-7-17(11-18(19)24)12-25-22(28)20-5-3-9-27(20)23(29)21-6-4-10-31-21/h4,6-8,10-11,15-16,20H,3,5,9,12-14H2,1-2H3,(H,25,28)/t15?,16?,20-/m0/s1. The number of morpholine rings is 1. The molecule has 2 amide bonds. The molecule has 0 spiro atoms. The second-order valence-electron chi connectivity index (χ2n) is 8.30. The Morgan fingerprint density at radius 3 is 2.68 bits per heavy atom. The molecule has 3 heterocycles. The SMILES string of the molecule is CC1CN(c2ccc(CNC(=O)[C@@H]3CCCN3C(=O)c3cccs3)cc2F)CC(C)O1. The van der Waals surface area contributed by atoms with Crippen LogP contribution in [0, 0.1) is 5.82 Å². The van der Waals surface area contributed by atoms with Crippen LogP contribution in [0.1, 0.15) is 41.9 Å². The van der Waals surface area contributed by atoms with Crippen LogP contribution in [0.5, 0.6) is 0 Å². The summed E-state index contributed by atoms with van der Waals surface area (Å²) in [7, 11) is 0. The molecule has 0 saturated carbocycles. The maximum Gasteiger partial charge on any atom is 0.264 e. The van der Waals surface area contributed by atoms with Crippen molar-refractivity contribution in [3.8, 4) is 0 Å². The predicted octanol–water partition coefficient (Wildman–Crippen LogP) is 3.42. The number of nitrogens with zero attached hydrogens (tertiary/aromatic N) is 2. The highest BCUT2D eigenvalue weighted by atomic mass is 32.1. The molecular weight excluding hydrogens is 417 g/mol. The molecule has 3 atom stereocenters. The van der Waals surface area contributed by atoms with Gasteiger partial charge in [-0.3, -0.25) is 9.59 Å². The Morgan fingerprint density at radius 1 is 1.23 bits per heavy atom. The van der Waals surface area contributed by atoms with Gasteiger partial charge in [-0.2, -0.15) is 0 Å². The van der Waals surface area contributed by atoms with E-state index in [0.717, 1.165) is 6.42 Å². The zero-order chi connectivity index (χ0) is 22.0. The summed E-state index contributed by atoms with van der Waals surface area (Å²) in [4.78, 5) is 29.7. The van der Waals surface area contributed by atoms with E-state index in [4.69, 9.17) is 4.74 Å². The van der Waals surface area contributed by atoms with Crippen LogP contribution in [0.25, 0.3) is 0 Å². The number of carbonyl (C=O) groups excluding carboxylic acids is 2. The third-order valence-corrected chi connectivity index (χ3v) is 6.65. The molecule has 8 heteroatoms. The first-order valence-corrected chi connectivity index (χ1v) is 11.6. The van der Waals surface area contributed by atoms with Crippen molar-refractivity contribution in [2.45, 2.75) is 51.5 Å². The van der Waals surface area contributed by atoms with E-state index >= 15 is 0 Å². The number of rotatable bonds is 5. The minimum absolute atomic E-state index is 0.0494. The van der Waals surface area contributed by atoms with E-state index in [2.05, 4.69) is 5.32 Å². The molecule has 1 N–H and O–H groups in total. The van der Waals surface area contributed by atoms with Crippen molar-refractivity contribution in [1.82, 2.24) is 10.2 Å². The van der Waals surface area contributed by atoms with E-state index < -0.39 is 6.04 Å². The lowest BCUT2D eigenvalue weighted by atomic mass is 10.1. The van der Waals surface area contributed by atoms with Gasteiger partial charge in [0.2, 0.25) is 5.91 Å². The van der Waals surface area contributed by atoms with Gasteiger partial charge in [-0.05, 0) is 55.8 Å². The summed E-state index contributed by atoms with van der Waals surface area (Å²) >= 11 is 1.38. The average molecular weight is 446 g/mol. The largest absolute Gasteiger partial charge is 0.372 e. The minimum atomic E-state index is -0.477. The van der Waals surface area contributed by atoms with Crippen molar-refractivity contribution in [3.63, 3.8) is 0 Å². The van der Waals surface area contributed by atoms with Crippen LogP contribution < -0.4 is 10.2 Å². The van der Waals surface area contributed by atoms with Gasteiger partial charge >= 0.3 is 0 Å². The van der Waals surface area contributed by atoms with Gasteiger partial charge < -0.3 is 19.9 Å². The quantitative estimate of drug-likeness (QED) is 0.766. The van der Waals surface area contributed by atoms with Crippen LogP contribution in [-0.4, -0.2) is 54.6 Å². The smallest absolute Gasteiger partial charge is 0.264 e. The van der Waals surface area contributed by atoms with Gasteiger partial charge in [0.15, 0.2) is 0 Å². The lowest BCUT2D eigenvalue weighted by Gasteiger charge is -2.37. The van der Waals surface area contributed by atoms with Crippen molar-refractivity contribution in [2.24, 2.45) is 0 Å². The first kappa shape index (κ1) is 21.8. The van der Waals surface area contributed by atoms with Gasteiger partial charge in [-0.1, -0.05) is 12.1 Å². The molecule has 1 aromatic carbocycles. The first-order valence-electron chi connectivity index (χ1n) is 10.7. The zero-order valence-corrected chi connectivity index (χ0v) is 18.7. The second-order valence-corrected chi connectivity index (χ2v) is 9.25. The molecule has 2 unspecified atom stereocenters. The number of anilines is 1. The third-order valence-electron chi connectivity index (χ3n) is 5.79. The molecule has 0 radical (unpaired) electrons. The molecule has 2 fully saturated rings. The molecule has 31 heavy (non-hydrogen) atoms. The third kappa shape index (κ3) is 4.91. The Bertz CT molecular complexity index is 926. The maximum absolute atomic E-state index is 14.8. The normalized spacial score (nSPS) is 23.8. The molecule has 1 aromatic heterocycles. The molecule has 2 saturated heterocycles. The number of ether oxygens (including phenoxy) is 1. The van der Waals surface area contributed by atoms with Gasteiger partial charge in [-0.25, -0.2) is 4.39 Å². The summed E-state index contributed by atoms with van der Waals surface area (Å²) in [6.07, 6.45) is 1.54. The van der Waals surface area contributed by atoms with Crippen molar-refractivity contribution < 1.29 is 18.7 Å². The Kier molecular flexibility index (Phi) is 6.57. The second kappa shape index (κ2) is 9.36. The number of hydrogen-bond donors (Lipinski definition) is 1. The Hall–Kier alpha value is -2.45. The maximum atomic E-state index is 14.8. The van der Waals surface area contributed by atoms with Crippen LogP contribution in [0.4, 0.5) is 10.1 Å². The highest BCUT2D eigenvalue weighted by molar-refractivity contribution is 7.12. The van der Waals surface area contributed by atoms with Gasteiger partial charge in [0, 0.05) is 26.2 Å². The van der Waals surface area contributed by atoms with Crippen LogP contribution >= 0.6 is 11.3 Å². The highest BCUT2D eigenvalue weighted by Crippen LogP contribution is 2.25. The molecule has 0 bridgehead atoms. The summed E-state index contributed by atoms with van der Waals surface area (Å²) in [6, 6.07) is 8.22. The lowest BCUT2D eigenvalue weighted by molar-refractivity contribution is -0.125. The van der Waals surface area contributed by atoms with Crippen molar-refractivity contribution in [3.05, 3.63) is 52.0 Å².